The molecule has 0 aliphatic heterocycles. The Kier molecular flexibility index (Phi) is 5.00. The largest absolute Gasteiger partial charge is 0.494 e. The predicted molar refractivity (Wildman–Crippen MR) is 82.7 cm³/mol. The zero-order valence-electron chi connectivity index (χ0n) is 11.6. The first-order valence-electron chi connectivity index (χ1n) is 6.51. The fourth-order valence-electron chi connectivity index (χ4n) is 1.80. The number of amides is 1. The summed E-state index contributed by atoms with van der Waals surface area (Å²) in [7, 11) is 0. The van der Waals surface area contributed by atoms with Gasteiger partial charge in [-0.3, -0.25) is 4.79 Å². The molecule has 0 aliphatic rings. The van der Waals surface area contributed by atoms with Gasteiger partial charge in [-0.15, -0.1) is 0 Å². The molecule has 0 fully saturated rings. The first-order valence-corrected chi connectivity index (χ1v) is 6.89. The highest BCUT2D eigenvalue weighted by atomic mass is 35.5. The molecule has 2 rings (SSSR count). The summed E-state index contributed by atoms with van der Waals surface area (Å²) in [4.78, 5) is 15.1. The van der Waals surface area contributed by atoms with Crippen molar-refractivity contribution in [2.75, 3.05) is 11.9 Å². The van der Waals surface area contributed by atoms with Crippen LogP contribution in [0.4, 0.5) is 5.82 Å². The highest BCUT2D eigenvalue weighted by Crippen LogP contribution is 2.21. The van der Waals surface area contributed by atoms with E-state index in [1.54, 1.807) is 0 Å². The molecule has 1 aromatic heterocycles. The Morgan fingerprint density at radius 1 is 1.43 bits per heavy atom. The lowest BCUT2D eigenvalue weighted by atomic mass is 10.2. The molecule has 6 heteroatoms. The lowest BCUT2D eigenvalue weighted by molar-refractivity contribution is 0.1000. The van der Waals surface area contributed by atoms with Crippen molar-refractivity contribution in [2.45, 2.75) is 13.5 Å². The van der Waals surface area contributed by atoms with E-state index >= 15 is 0 Å². The molecule has 1 heterocycles. The van der Waals surface area contributed by atoms with Crippen LogP contribution in [0.3, 0.4) is 0 Å². The van der Waals surface area contributed by atoms with Gasteiger partial charge in [-0.25, -0.2) is 4.98 Å². The zero-order valence-corrected chi connectivity index (χ0v) is 12.4. The molecule has 1 aromatic carbocycles. The van der Waals surface area contributed by atoms with Crippen LogP contribution in [0.1, 0.15) is 22.8 Å². The van der Waals surface area contributed by atoms with Gasteiger partial charge in [0.15, 0.2) is 0 Å². The standard InChI is InChI=1S/C15H16ClN3O2/c1-2-21-12-5-3-4-10(6-12)8-18-15-13(16)7-11(9-19-15)14(17)20/h3-7,9H,2,8H2,1H3,(H2,17,20)(H,18,19). The molecule has 0 unspecified atom stereocenters. The Morgan fingerprint density at radius 2 is 2.24 bits per heavy atom. The van der Waals surface area contributed by atoms with Crippen molar-refractivity contribution in [3.8, 4) is 5.75 Å². The number of carbonyl (C=O) groups excluding carboxylic acids is 1. The van der Waals surface area contributed by atoms with E-state index in [0.717, 1.165) is 11.3 Å². The molecule has 2 aromatic rings. The minimum absolute atomic E-state index is 0.281. The fourth-order valence-corrected chi connectivity index (χ4v) is 2.03. The number of halogens is 1. The number of ether oxygens (including phenoxy) is 1. The lowest BCUT2D eigenvalue weighted by Crippen LogP contribution is -2.12. The van der Waals surface area contributed by atoms with Crippen molar-refractivity contribution >= 4 is 23.3 Å². The SMILES string of the molecule is CCOc1cccc(CNc2ncc(C(N)=O)cc2Cl)c1. The first-order chi connectivity index (χ1) is 10.1. The number of primary amides is 1. The van der Waals surface area contributed by atoms with Crippen molar-refractivity contribution < 1.29 is 9.53 Å². The van der Waals surface area contributed by atoms with Gasteiger partial charge in [0.25, 0.3) is 0 Å². The number of nitrogens with two attached hydrogens (primary N) is 1. The Bertz CT molecular complexity index is 647. The second kappa shape index (κ2) is 6.95. The Labute approximate surface area is 128 Å². The maximum absolute atomic E-state index is 11.0. The van der Waals surface area contributed by atoms with Gasteiger partial charge in [-0.1, -0.05) is 23.7 Å². The Balaban J connectivity index is 2.06. The van der Waals surface area contributed by atoms with Crippen LogP contribution in [-0.2, 0) is 6.54 Å². The van der Waals surface area contributed by atoms with Gasteiger partial charge in [0.1, 0.15) is 11.6 Å². The molecule has 5 nitrogen and oxygen atoms in total. The van der Waals surface area contributed by atoms with Crippen LogP contribution in [0, 0.1) is 0 Å². The molecule has 0 spiro atoms. The molecule has 0 saturated carbocycles. The van der Waals surface area contributed by atoms with Gasteiger partial charge in [0.2, 0.25) is 5.91 Å². The number of aromatic nitrogens is 1. The van der Waals surface area contributed by atoms with Crippen molar-refractivity contribution in [3.05, 3.63) is 52.7 Å². The molecule has 0 radical (unpaired) electrons. The molecule has 21 heavy (non-hydrogen) atoms. The van der Waals surface area contributed by atoms with Gasteiger partial charge in [-0.2, -0.15) is 0 Å². The summed E-state index contributed by atoms with van der Waals surface area (Å²) in [5.74, 6) is 0.767. The number of benzene rings is 1. The average molecular weight is 306 g/mol. The number of pyridine rings is 1. The summed E-state index contributed by atoms with van der Waals surface area (Å²) in [6.07, 6.45) is 1.40. The summed E-state index contributed by atoms with van der Waals surface area (Å²) in [5.41, 5.74) is 6.49. The van der Waals surface area contributed by atoms with Crippen LogP contribution in [0.15, 0.2) is 36.5 Å². The molecular weight excluding hydrogens is 290 g/mol. The zero-order chi connectivity index (χ0) is 15.2. The molecule has 3 N–H and O–H groups in total. The van der Waals surface area contributed by atoms with Gasteiger partial charge in [-0.05, 0) is 30.7 Å². The van der Waals surface area contributed by atoms with E-state index in [-0.39, 0.29) is 5.56 Å². The van der Waals surface area contributed by atoms with Crippen LogP contribution in [0.25, 0.3) is 0 Å². The Hall–Kier alpha value is -2.27. The minimum atomic E-state index is -0.555. The molecule has 0 bridgehead atoms. The number of hydrogen-bond donors (Lipinski definition) is 2. The number of carbonyl (C=O) groups is 1. The quantitative estimate of drug-likeness (QED) is 0.860. The van der Waals surface area contributed by atoms with Crippen molar-refractivity contribution in [1.82, 2.24) is 4.98 Å². The van der Waals surface area contributed by atoms with E-state index < -0.39 is 5.91 Å². The van der Waals surface area contributed by atoms with Crippen molar-refractivity contribution in [1.29, 1.82) is 0 Å². The lowest BCUT2D eigenvalue weighted by Gasteiger charge is -2.09. The van der Waals surface area contributed by atoms with E-state index in [0.29, 0.717) is 24.0 Å². The van der Waals surface area contributed by atoms with E-state index in [4.69, 9.17) is 22.1 Å². The van der Waals surface area contributed by atoms with Crippen molar-refractivity contribution in [3.63, 3.8) is 0 Å². The molecule has 110 valence electrons. The third kappa shape index (κ3) is 4.10. The smallest absolute Gasteiger partial charge is 0.250 e. The number of nitrogens with zero attached hydrogens (tertiary/aromatic N) is 1. The topological polar surface area (TPSA) is 77.2 Å². The molecule has 0 saturated heterocycles. The maximum Gasteiger partial charge on any atom is 0.250 e. The van der Waals surface area contributed by atoms with E-state index in [2.05, 4.69) is 10.3 Å². The van der Waals surface area contributed by atoms with Gasteiger partial charge in [0.05, 0.1) is 17.2 Å². The molecule has 0 atom stereocenters. The van der Waals surface area contributed by atoms with Gasteiger partial charge in [0, 0.05) is 12.7 Å². The second-order valence-corrected chi connectivity index (χ2v) is 4.76. The first kappa shape index (κ1) is 15.1. The average Bonchev–Trinajstić information content (AvgIpc) is 2.46. The second-order valence-electron chi connectivity index (χ2n) is 4.35. The highest BCUT2D eigenvalue weighted by molar-refractivity contribution is 6.33. The summed E-state index contributed by atoms with van der Waals surface area (Å²) >= 11 is 6.06. The van der Waals surface area contributed by atoms with Gasteiger partial charge < -0.3 is 15.8 Å². The number of nitrogens with one attached hydrogen (secondary N) is 1. The summed E-state index contributed by atoms with van der Waals surface area (Å²) in [6, 6.07) is 9.24. The highest BCUT2D eigenvalue weighted by Gasteiger charge is 2.07. The summed E-state index contributed by atoms with van der Waals surface area (Å²) in [5, 5.41) is 3.47. The van der Waals surface area contributed by atoms with Crippen LogP contribution in [0.2, 0.25) is 5.02 Å². The minimum Gasteiger partial charge on any atom is -0.494 e. The number of hydrogen-bond acceptors (Lipinski definition) is 4. The molecular formula is C15H16ClN3O2. The van der Waals surface area contributed by atoms with E-state index in [9.17, 15) is 4.79 Å². The number of rotatable bonds is 6. The fraction of sp³-hybridized carbons (Fsp3) is 0.200. The summed E-state index contributed by atoms with van der Waals surface area (Å²) in [6.45, 7) is 3.11. The Morgan fingerprint density at radius 3 is 2.90 bits per heavy atom. The van der Waals surface area contributed by atoms with Crippen LogP contribution >= 0.6 is 11.6 Å². The van der Waals surface area contributed by atoms with E-state index in [1.165, 1.54) is 12.3 Å². The third-order valence-corrected chi connectivity index (χ3v) is 3.08. The van der Waals surface area contributed by atoms with Crippen LogP contribution < -0.4 is 15.8 Å². The monoisotopic (exact) mass is 305 g/mol. The van der Waals surface area contributed by atoms with Crippen LogP contribution in [-0.4, -0.2) is 17.5 Å². The number of anilines is 1. The molecule has 0 aliphatic carbocycles. The predicted octanol–water partition coefficient (Wildman–Crippen LogP) is 2.84. The maximum atomic E-state index is 11.0. The molecule has 1 amide bonds. The summed E-state index contributed by atoms with van der Waals surface area (Å²) < 4.78 is 5.44. The normalized spacial score (nSPS) is 10.2. The van der Waals surface area contributed by atoms with Crippen molar-refractivity contribution in [2.24, 2.45) is 5.73 Å². The third-order valence-electron chi connectivity index (χ3n) is 2.80. The van der Waals surface area contributed by atoms with E-state index in [1.807, 2.05) is 31.2 Å². The van der Waals surface area contributed by atoms with Crippen LogP contribution in [0.5, 0.6) is 5.75 Å². The van der Waals surface area contributed by atoms with Gasteiger partial charge >= 0.3 is 0 Å².